The third kappa shape index (κ3) is 2.64. The van der Waals surface area contributed by atoms with Gasteiger partial charge in [-0.3, -0.25) is 9.78 Å². The van der Waals surface area contributed by atoms with E-state index in [4.69, 9.17) is 0 Å². The van der Waals surface area contributed by atoms with Gasteiger partial charge in [0, 0.05) is 18.1 Å². The van der Waals surface area contributed by atoms with E-state index in [1.807, 2.05) is 74.0 Å². The Morgan fingerprint density at radius 3 is 2.44 bits per heavy atom. The van der Waals surface area contributed by atoms with Crippen molar-refractivity contribution in [3.63, 3.8) is 0 Å². The minimum Gasteiger partial charge on any atom is -0.480 e. The van der Waals surface area contributed by atoms with Crippen LogP contribution in [0.3, 0.4) is 0 Å². The number of pyridine rings is 1. The highest BCUT2D eigenvalue weighted by atomic mass is 16.4. The van der Waals surface area contributed by atoms with Gasteiger partial charge in [-0.1, -0.05) is 37.3 Å². The number of rotatable bonds is 5. The maximum Gasteiger partial charge on any atom is 0.318 e. The van der Waals surface area contributed by atoms with Gasteiger partial charge in [0.15, 0.2) is 0 Å². The lowest BCUT2D eigenvalue weighted by Gasteiger charge is -2.29. The Hall–Kier alpha value is -2.88. The minimum absolute atomic E-state index is 0.476. The van der Waals surface area contributed by atoms with E-state index in [2.05, 4.69) is 4.98 Å². The van der Waals surface area contributed by atoms with Crippen molar-refractivity contribution in [1.29, 1.82) is 0 Å². The van der Waals surface area contributed by atoms with Gasteiger partial charge in [0.2, 0.25) is 0 Å². The normalized spacial score (nSPS) is 13.4. The smallest absolute Gasteiger partial charge is 0.318 e. The highest BCUT2D eigenvalue weighted by molar-refractivity contribution is 5.86. The van der Waals surface area contributed by atoms with Gasteiger partial charge < -0.3 is 9.67 Å². The number of hydrogen-bond donors (Lipinski definition) is 1. The number of hydrogen-bond acceptors (Lipinski definition) is 2. The van der Waals surface area contributed by atoms with Gasteiger partial charge in [-0.05, 0) is 49.1 Å². The molecule has 4 heteroatoms. The first-order chi connectivity index (χ1) is 12.0. The second kappa shape index (κ2) is 6.55. The fourth-order valence-corrected chi connectivity index (χ4v) is 3.56. The van der Waals surface area contributed by atoms with Crippen LogP contribution in [0, 0.1) is 13.8 Å². The van der Waals surface area contributed by atoms with Gasteiger partial charge in [0.05, 0.1) is 11.9 Å². The molecule has 0 aliphatic carbocycles. The topological polar surface area (TPSA) is 55.1 Å². The molecule has 0 fully saturated rings. The zero-order valence-electron chi connectivity index (χ0n) is 14.7. The molecule has 0 bridgehead atoms. The molecule has 0 radical (unpaired) electrons. The molecule has 1 N–H and O–H groups in total. The van der Waals surface area contributed by atoms with Crippen molar-refractivity contribution >= 4 is 5.97 Å². The molecule has 2 heterocycles. The molecular formula is C21H22N2O2. The van der Waals surface area contributed by atoms with Crippen LogP contribution in [0.2, 0.25) is 0 Å². The molecule has 1 unspecified atom stereocenters. The number of aliphatic carboxylic acids is 1. The fraction of sp³-hybridized carbons (Fsp3) is 0.238. The largest absolute Gasteiger partial charge is 0.480 e. The fourth-order valence-electron chi connectivity index (χ4n) is 3.56. The van der Waals surface area contributed by atoms with Gasteiger partial charge in [-0.2, -0.15) is 0 Å². The third-order valence-corrected chi connectivity index (χ3v) is 5.11. The van der Waals surface area contributed by atoms with Crippen LogP contribution in [-0.4, -0.2) is 20.6 Å². The lowest BCUT2D eigenvalue weighted by Crippen LogP contribution is -2.36. The molecule has 25 heavy (non-hydrogen) atoms. The lowest BCUT2D eigenvalue weighted by atomic mass is 9.72. The number of carboxylic acids is 1. The van der Waals surface area contributed by atoms with Crippen molar-refractivity contribution in [3.8, 4) is 5.69 Å². The lowest BCUT2D eigenvalue weighted by molar-refractivity contribution is -0.142. The van der Waals surface area contributed by atoms with E-state index in [1.54, 1.807) is 12.4 Å². The SMILES string of the molecule is CCC(C(=O)O)(c1ccccc1)c1cn(-c2cccnc2)c(C)c1C. The van der Waals surface area contributed by atoms with Gasteiger partial charge in [0.1, 0.15) is 5.41 Å². The van der Waals surface area contributed by atoms with Crippen LogP contribution in [0.4, 0.5) is 0 Å². The predicted octanol–water partition coefficient (Wildman–Crippen LogP) is 4.27. The van der Waals surface area contributed by atoms with Gasteiger partial charge in [-0.15, -0.1) is 0 Å². The van der Waals surface area contributed by atoms with Crippen LogP contribution >= 0.6 is 0 Å². The van der Waals surface area contributed by atoms with E-state index in [9.17, 15) is 9.90 Å². The number of aromatic nitrogens is 2. The Kier molecular flexibility index (Phi) is 4.45. The summed E-state index contributed by atoms with van der Waals surface area (Å²) in [7, 11) is 0. The van der Waals surface area contributed by atoms with Gasteiger partial charge in [0.25, 0.3) is 0 Å². The molecular weight excluding hydrogens is 312 g/mol. The first-order valence-corrected chi connectivity index (χ1v) is 8.40. The molecule has 3 aromatic rings. The molecule has 128 valence electrons. The first kappa shape index (κ1) is 17.0. The maximum atomic E-state index is 12.4. The highest BCUT2D eigenvalue weighted by Gasteiger charge is 2.43. The Labute approximate surface area is 147 Å². The van der Waals surface area contributed by atoms with E-state index in [-0.39, 0.29) is 0 Å². The summed E-state index contributed by atoms with van der Waals surface area (Å²) in [6.07, 6.45) is 5.94. The molecule has 0 saturated carbocycles. The molecule has 1 aromatic carbocycles. The molecule has 0 aliphatic heterocycles. The third-order valence-electron chi connectivity index (χ3n) is 5.11. The molecule has 0 amide bonds. The number of nitrogens with zero attached hydrogens (tertiary/aromatic N) is 2. The summed E-state index contributed by atoms with van der Waals surface area (Å²) >= 11 is 0. The van der Waals surface area contributed by atoms with Crippen molar-refractivity contribution in [2.24, 2.45) is 0 Å². The van der Waals surface area contributed by atoms with E-state index >= 15 is 0 Å². The van der Waals surface area contributed by atoms with Crippen LogP contribution in [-0.2, 0) is 10.2 Å². The second-order valence-electron chi connectivity index (χ2n) is 6.26. The molecule has 0 aliphatic rings. The summed E-state index contributed by atoms with van der Waals surface area (Å²) in [5, 5.41) is 10.2. The van der Waals surface area contributed by atoms with E-state index in [1.165, 1.54) is 0 Å². The Morgan fingerprint density at radius 2 is 1.88 bits per heavy atom. The highest BCUT2D eigenvalue weighted by Crippen LogP contribution is 2.40. The van der Waals surface area contributed by atoms with Crippen LogP contribution in [0.25, 0.3) is 5.69 Å². The van der Waals surface area contributed by atoms with Crippen molar-refractivity contribution in [2.45, 2.75) is 32.6 Å². The molecule has 0 saturated heterocycles. The average molecular weight is 334 g/mol. The van der Waals surface area contributed by atoms with Gasteiger partial charge in [-0.25, -0.2) is 0 Å². The van der Waals surface area contributed by atoms with Crippen molar-refractivity contribution in [2.75, 3.05) is 0 Å². The average Bonchev–Trinajstić information content (AvgIpc) is 2.94. The predicted molar refractivity (Wildman–Crippen MR) is 98.2 cm³/mol. The zero-order chi connectivity index (χ0) is 18.0. The number of carboxylic acid groups (broad SMARTS) is 1. The zero-order valence-corrected chi connectivity index (χ0v) is 14.7. The van der Waals surface area contributed by atoms with Crippen LogP contribution < -0.4 is 0 Å². The van der Waals surface area contributed by atoms with E-state index < -0.39 is 11.4 Å². The van der Waals surface area contributed by atoms with Crippen LogP contribution in [0.1, 0.15) is 35.7 Å². The monoisotopic (exact) mass is 334 g/mol. The summed E-state index contributed by atoms with van der Waals surface area (Å²) in [5.74, 6) is -0.826. The molecule has 3 rings (SSSR count). The van der Waals surface area contributed by atoms with Crippen molar-refractivity contribution in [3.05, 3.63) is 83.4 Å². The Balaban J connectivity index is 2.27. The van der Waals surface area contributed by atoms with Gasteiger partial charge >= 0.3 is 5.97 Å². The number of carbonyl (C=O) groups is 1. The quantitative estimate of drug-likeness (QED) is 0.758. The minimum atomic E-state index is -1.07. The molecule has 2 aromatic heterocycles. The van der Waals surface area contributed by atoms with E-state index in [0.29, 0.717) is 6.42 Å². The Morgan fingerprint density at radius 1 is 1.16 bits per heavy atom. The van der Waals surface area contributed by atoms with Crippen LogP contribution in [0.5, 0.6) is 0 Å². The summed E-state index contributed by atoms with van der Waals surface area (Å²) in [4.78, 5) is 16.6. The van der Waals surface area contributed by atoms with Crippen molar-refractivity contribution in [1.82, 2.24) is 9.55 Å². The second-order valence-corrected chi connectivity index (χ2v) is 6.26. The van der Waals surface area contributed by atoms with Crippen LogP contribution in [0.15, 0.2) is 61.1 Å². The van der Waals surface area contributed by atoms with E-state index in [0.717, 1.165) is 28.1 Å². The number of benzene rings is 1. The molecule has 4 nitrogen and oxygen atoms in total. The molecule has 1 atom stereocenters. The molecule has 0 spiro atoms. The summed E-state index contributed by atoms with van der Waals surface area (Å²) in [6.45, 7) is 5.93. The Bertz CT molecular complexity index is 885. The summed E-state index contributed by atoms with van der Waals surface area (Å²) in [6, 6.07) is 13.3. The maximum absolute atomic E-state index is 12.4. The summed E-state index contributed by atoms with van der Waals surface area (Å²) in [5.41, 5.74) is 3.52. The van der Waals surface area contributed by atoms with Crippen molar-refractivity contribution < 1.29 is 9.90 Å². The standard InChI is InChI=1S/C21H22N2O2/c1-4-21(20(24)25,17-9-6-5-7-10-17)19-14-23(16(3)15(19)2)18-11-8-12-22-13-18/h5-14H,4H2,1-3H3,(H,24,25). The summed E-state index contributed by atoms with van der Waals surface area (Å²) < 4.78 is 2.02. The first-order valence-electron chi connectivity index (χ1n) is 8.40.